The lowest BCUT2D eigenvalue weighted by Crippen LogP contribution is -2.39. The fourth-order valence-electron chi connectivity index (χ4n) is 1.67. The van der Waals surface area contributed by atoms with Crippen LogP contribution in [0.15, 0.2) is 6.07 Å². The number of imide groups is 1. The summed E-state index contributed by atoms with van der Waals surface area (Å²) in [6, 6.07) is 1.09. The highest BCUT2D eigenvalue weighted by Gasteiger charge is 2.18. The van der Waals surface area contributed by atoms with E-state index in [1.54, 1.807) is 19.9 Å². The molecule has 0 aliphatic heterocycles. The van der Waals surface area contributed by atoms with Gasteiger partial charge in [0.25, 0.3) is 17.5 Å². The molecular weight excluding hydrogens is 292 g/mol. The van der Waals surface area contributed by atoms with Gasteiger partial charge in [0.05, 0.1) is 0 Å². The fraction of sp³-hybridized carbons (Fsp3) is 0.333. The van der Waals surface area contributed by atoms with E-state index in [0.717, 1.165) is 11.4 Å². The molecule has 0 fully saturated rings. The Bertz CT molecular complexity index is 753. The molecule has 0 atom stereocenters. The number of esters is 1. The highest BCUT2D eigenvalue weighted by atomic mass is 16.5. The largest absolute Gasteiger partial charge is 0.450 e. The third kappa shape index (κ3) is 3.34. The Balaban J connectivity index is 2.06. The average Bonchev–Trinajstić information content (AvgIpc) is 2.88. The standard InChI is InChI=1S/C12H14N6O4/c1-6-4-7(2)18-11(14-6)16-9(17-18)10(20)22-5-8(19)15-12(21)13-3/h4H,5H2,1-3H3,(H2,13,15,19,21). The van der Waals surface area contributed by atoms with Crippen molar-refractivity contribution in [1.29, 1.82) is 0 Å². The Kier molecular flexibility index (Phi) is 4.30. The number of fused-ring (bicyclic) bond motifs is 1. The quantitative estimate of drug-likeness (QED) is 0.721. The monoisotopic (exact) mass is 306 g/mol. The number of carbonyl (C=O) groups excluding carboxylic acids is 3. The summed E-state index contributed by atoms with van der Waals surface area (Å²) in [5, 5.41) is 8.12. The van der Waals surface area contributed by atoms with Gasteiger partial charge in [-0.25, -0.2) is 19.1 Å². The molecule has 0 unspecified atom stereocenters. The molecule has 2 rings (SSSR count). The van der Waals surface area contributed by atoms with Crippen molar-refractivity contribution in [2.24, 2.45) is 0 Å². The molecule has 0 aliphatic carbocycles. The lowest BCUT2D eigenvalue weighted by molar-refractivity contribution is -0.123. The first-order valence-corrected chi connectivity index (χ1v) is 6.30. The lowest BCUT2D eigenvalue weighted by Gasteiger charge is -2.03. The number of nitrogens with zero attached hydrogens (tertiary/aromatic N) is 4. The zero-order chi connectivity index (χ0) is 16.3. The van der Waals surface area contributed by atoms with Crippen LogP contribution in [0.2, 0.25) is 0 Å². The van der Waals surface area contributed by atoms with Crippen LogP contribution in [-0.2, 0) is 9.53 Å². The molecule has 0 saturated carbocycles. The second-order valence-electron chi connectivity index (χ2n) is 4.39. The molecule has 3 amide bonds. The van der Waals surface area contributed by atoms with Crippen LogP contribution in [0.4, 0.5) is 4.79 Å². The van der Waals surface area contributed by atoms with Crippen LogP contribution in [0.3, 0.4) is 0 Å². The minimum Gasteiger partial charge on any atom is -0.450 e. The first-order chi connectivity index (χ1) is 10.4. The summed E-state index contributed by atoms with van der Waals surface area (Å²) in [6.07, 6.45) is 0. The summed E-state index contributed by atoms with van der Waals surface area (Å²) in [5.74, 6) is -1.59. The number of nitrogens with one attached hydrogen (secondary N) is 2. The number of hydrogen-bond acceptors (Lipinski definition) is 7. The van der Waals surface area contributed by atoms with Gasteiger partial charge in [-0.1, -0.05) is 0 Å². The number of ether oxygens (including phenoxy) is 1. The Morgan fingerprint density at radius 1 is 1.27 bits per heavy atom. The first kappa shape index (κ1) is 15.4. The Hall–Kier alpha value is -3.04. The molecule has 2 aromatic rings. The molecule has 10 heteroatoms. The van der Waals surface area contributed by atoms with Crippen molar-refractivity contribution >= 4 is 23.7 Å². The molecular formula is C12H14N6O4. The highest BCUT2D eigenvalue weighted by molar-refractivity contribution is 5.96. The van der Waals surface area contributed by atoms with Crippen molar-refractivity contribution in [2.45, 2.75) is 13.8 Å². The van der Waals surface area contributed by atoms with E-state index in [9.17, 15) is 14.4 Å². The second kappa shape index (κ2) is 6.16. The molecule has 10 nitrogen and oxygen atoms in total. The number of amides is 3. The van der Waals surface area contributed by atoms with E-state index in [2.05, 4.69) is 20.4 Å². The van der Waals surface area contributed by atoms with Gasteiger partial charge in [-0.3, -0.25) is 10.1 Å². The van der Waals surface area contributed by atoms with Gasteiger partial charge in [-0.05, 0) is 19.9 Å². The van der Waals surface area contributed by atoms with E-state index in [0.29, 0.717) is 0 Å². The Morgan fingerprint density at radius 3 is 2.68 bits per heavy atom. The van der Waals surface area contributed by atoms with Crippen molar-refractivity contribution in [3.8, 4) is 0 Å². The van der Waals surface area contributed by atoms with Gasteiger partial charge in [-0.2, -0.15) is 4.98 Å². The van der Waals surface area contributed by atoms with Crippen LogP contribution in [0, 0.1) is 13.8 Å². The molecule has 22 heavy (non-hydrogen) atoms. The molecule has 0 spiro atoms. The highest BCUT2D eigenvalue weighted by Crippen LogP contribution is 2.06. The Morgan fingerprint density at radius 2 is 2.00 bits per heavy atom. The van der Waals surface area contributed by atoms with Crippen LogP contribution in [0.1, 0.15) is 22.0 Å². The van der Waals surface area contributed by atoms with Gasteiger partial charge >= 0.3 is 12.0 Å². The maximum absolute atomic E-state index is 11.8. The summed E-state index contributed by atoms with van der Waals surface area (Å²) in [5.41, 5.74) is 1.49. The van der Waals surface area contributed by atoms with Gasteiger partial charge in [0.2, 0.25) is 0 Å². The minimum absolute atomic E-state index is 0.214. The van der Waals surface area contributed by atoms with Gasteiger partial charge in [0, 0.05) is 18.4 Å². The summed E-state index contributed by atoms with van der Waals surface area (Å²) in [4.78, 5) is 42.1. The predicted octanol–water partition coefficient (Wildman–Crippen LogP) is -0.646. The molecule has 0 bridgehead atoms. The van der Waals surface area contributed by atoms with Crippen molar-refractivity contribution < 1.29 is 19.1 Å². The van der Waals surface area contributed by atoms with E-state index < -0.39 is 24.5 Å². The first-order valence-electron chi connectivity index (χ1n) is 6.30. The molecule has 0 radical (unpaired) electrons. The predicted molar refractivity (Wildman–Crippen MR) is 73.1 cm³/mol. The van der Waals surface area contributed by atoms with E-state index in [-0.39, 0.29) is 11.6 Å². The number of aryl methyl sites for hydroxylation is 2. The molecule has 0 aliphatic rings. The minimum atomic E-state index is -0.880. The summed E-state index contributed by atoms with van der Waals surface area (Å²) in [6.45, 7) is 2.97. The van der Waals surface area contributed by atoms with Crippen LogP contribution >= 0.6 is 0 Å². The normalized spacial score (nSPS) is 10.3. The molecule has 2 heterocycles. The van der Waals surface area contributed by atoms with Crippen LogP contribution < -0.4 is 10.6 Å². The number of aromatic nitrogens is 4. The third-order valence-corrected chi connectivity index (χ3v) is 2.62. The maximum atomic E-state index is 11.8. The lowest BCUT2D eigenvalue weighted by atomic mass is 10.4. The van der Waals surface area contributed by atoms with E-state index in [1.807, 2.05) is 5.32 Å². The van der Waals surface area contributed by atoms with Crippen molar-refractivity contribution in [3.05, 3.63) is 23.3 Å². The number of rotatable bonds is 3. The fourth-order valence-corrected chi connectivity index (χ4v) is 1.67. The van der Waals surface area contributed by atoms with Crippen LogP contribution in [-0.4, -0.2) is 51.1 Å². The van der Waals surface area contributed by atoms with Crippen molar-refractivity contribution in [2.75, 3.05) is 13.7 Å². The van der Waals surface area contributed by atoms with E-state index in [1.165, 1.54) is 11.6 Å². The maximum Gasteiger partial charge on any atom is 0.378 e. The van der Waals surface area contributed by atoms with Crippen molar-refractivity contribution in [3.63, 3.8) is 0 Å². The average molecular weight is 306 g/mol. The number of hydrogen-bond donors (Lipinski definition) is 2. The molecule has 2 N–H and O–H groups in total. The molecule has 116 valence electrons. The molecule has 0 aromatic carbocycles. The van der Waals surface area contributed by atoms with Crippen molar-refractivity contribution in [1.82, 2.24) is 30.2 Å². The summed E-state index contributed by atoms with van der Waals surface area (Å²) < 4.78 is 6.13. The zero-order valence-corrected chi connectivity index (χ0v) is 12.2. The van der Waals surface area contributed by atoms with Gasteiger partial charge in [-0.15, -0.1) is 5.10 Å². The van der Waals surface area contributed by atoms with Crippen LogP contribution in [0.5, 0.6) is 0 Å². The molecule has 2 aromatic heterocycles. The summed E-state index contributed by atoms with van der Waals surface area (Å²) >= 11 is 0. The smallest absolute Gasteiger partial charge is 0.378 e. The SMILES string of the molecule is CNC(=O)NC(=O)COC(=O)c1nc2nc(C)cc(C)n2n1. The van der Waals surface area contributed by atoms with Gasteiger partial charge < -0.3 is 10.1 Å². The summed E-state index contributed by atoms with van der Waals surface area (Å²) in [7, 11) is 1.35. The second-order valence-corrected chi connectivity index (χ2v) is 4.39. The number of carbonyl (C=O) groups is 3. The number of urea groups is 1. The zero-order valence-electron chi connectivity index (χ0n) is 12.2. The van der Waals surface area contributed by atoms with E-state index >= 15 is 0 Å². The molecule has 0 saturated heterocycles. The van der Waals surface area contributed by atoms with Crippen LogP contribution in [0.25, 0.3) is 5.78 Å². The van der Waals surface area contributed by atoms with Gasteiger partial charge in [0.15, 0.2) is 6.61 Å². The van der Waals surface area contributed by atoms with E-state index in [4.69, 9.17) is 4.74 Å². The third-order valence-electron chi connectivity index (χ3n) is 2.62. The Labute approximate surface area is 124 Å². The topological polar surface area (TPSA) is 128 Å². The van der Waals surface area contributed by atoms with Gasteiger partial charge in [0.1, 0.15) is 0 Å².